The predicted octanol–water partition coefficient (Wildman–Crippen LogP) is 4.70. The molecule has 0 aliphatic carbocycles. The Balaban J connectivity index is 2.24. The first kappa shape index (κ1) is 16.2. The van der Waals surface area contributed by atoms with E-state index in [2.05, 4.69) is 11.4 Å². The van der Waals surface area contributed by atoms with Crippen LogP contribution in [-0.4, -0.2) is 18.3 Å². The monoisotopic (exact) mass is 327 g/mol. The Kier molecular flexibility index (Phi) is 3.67. The molecule has 1 aliphatic rings. The normalized spacial score (nSPS) is 14.2. The molecule has 0 fully saturated rings. The number of benzene rings is 2. The van der Waals surface area contributed by atoms with Crippen LogP contribution in [-0.2, 0) is 5.60 Å². The Hall–Kier alpha value is -2.69. The second-order valence-electron chi connectivity index (χ2n) is 6.57. The third-order valence-corrected chi connectivity index (χ3v) is 4.41. The summed E-state index contributed by atoms with van der Waals surface area (Å²) in [4.78, 5) is 11.0. The van der Waals surface area contributed by atoms with Crippen molar-refractivity contribution in [3.05, 3.63) is 41.0 Å². The van der Waals surface area contributed by atoms with Gasteiger partial charge < -0.3 is 14.6 Å². The zero-order valence-corrected chi connectivity index (χ0v) is 14.5. The number of anilines is 1. The fourth-order valence-corrected chi connectivity index (χ4v) is 3.19. The van der Waals surface area contributed by atoms with Crippen molar-refractivity contribution < 1.29 is 19.4 Å². The summed E-state index contributed by atoms with van der Waals surface area (Å²) in [5, 5.41) is 11.4. The van der Waals surface area contributed by atoms with Crippen LogP contribution in [0, 0.1) is 13.8 Å². The van der Waals surface area contributed by atoms with E-state index in [1.807, 2.05) is 39.8 Å². The summed E-state index contributed by atoms with van der Waals surface area (Å²) >= 11 is 0. The Bertz CT molecular complexity index is 840. The number of methoxy groups -OCH3 is 1. The van der Waals surface area contributed by atoms with E-state index in [0.29, 0.717) is 11.4 Å². The minimum Gasteiger partial charge on any atom is -0.496 e. The van der Waals surface area contributed by atoms with Gasteiger partial charge in [0, 0.05) is 17.2 Å². The maximum atomic E-state index is 11.0. The molecule has 5 heteroatoms. The van der Waals surface area contributed by atoms with Crippen molar-refractivity contribution in [2.75, 3.05) is 12.4 Å². The van der Waals surface area contributed by atoms with Crippen molar-refractivity contribution in [1.29, 1.82) is 0 Å². The number of aryl methyl sites for hydroxylation is 2. The first-order chi connectivity index (χ1) is 11.2. The number of amides is 1. The molecular formula is C19H21NO4. The number of hydrogen-bond acceptors (Lipinski definition) is 3. The Morgan fingerprint density at radius 2 is 1.79 bits per heavy atom. The molecule has 0 radical (unpaired) electrons. The van der Waals surface area contributed by atoms with Crippen LogP contribution in [0.1, 0.15) is 30.5 Å². The second-order valence-corrected chi connectivity index (χ2v) is 6.57. The van der Waals surface area contributed by atoms with Crippen LogP contribution in [0.5, 0.6) is 11.5 Å². The zero-order chi connectivity index (χ0) is 17.6. The molecule has 0 saturated heterocycles. The van der Waals surface area contributed by atoms with Crippen molar-refractivity contribution in [2.24, 2.45) is 0 Å². The fraction of sp³-hybridized carbons (Fsp3) is 0.316. The van der Waals surface area contributed by atoms with Crippen molar-refractivity contribution >= 4 is 11.8 Å². The topological polar surface area (TPSA) is 67.8 Å². The van der Waals surface area contributed by atoms with Gasteiger partial charge in [0.15, 0.2) is 0 Å². The first-order valence-corrected chi connectivity index (χ1v) is 7.76. The average molecular weight is 327 g/mol. The lowest BCUT2D eigenvalue weighted by Gasteiger charge is -2.36. The number of carboxylic acid groups (broad SMARTS) is 1. The van der Waals surface area contributed by atoms with Gasteiger partial charge in [0.1, 0.15) is 17.1 Å². The number of fused-ring (bicyclic) bond motifs is 3. The summed E-state index contributed by atoms with van der Waals surface area (Å²) in [6.45, 7) is 7.87. The molecule has 0 atom stereocenters. The lowest BCUT2D eigenvalue weighted by Crippen LogP contribution is -2.29. The summed E-state index contributed by atoms with van der Waals surface area (Å²) in [5.74, 6) is 1.50. The highest BCUT2D eigenvalue weighted by molar-refractivity contribution is 5.88. The van der Waals surface area contributed by atoms with E-state index in [9.17, 15) is 4.79 Å². The number of rotatable bonds is 2. The van der Waals surface area contributed by atoms with Crippen molar-refractivity contribution in [2.45, 2.75) is 33.3 Å². The number of nitrogens with one attached hydrogen (secondary N) is 1. The summed E-state index contributed by atoms with van der Waals surface area (Å²) in [5.41, 5.74) is 4.98. The highest BCUT2D eigenvalue weighted by Gasteiger charge is 2.34. The number of ether oxygens (including phenoxy) is 2. The summed E-state index contributed by atoms with van der Waals surface area (Å²) in [6.07, 6.45) is -1.09. The Morgan fingerprint density at radius 3 is 2.42 bits per heavy atom. The molecule has 0 aromatic heterocycles. The van der Waals surface area contributed by atoms with Crippen LogP contribution < -0.4 is 14.8 Å². The summed E-state index contributed by atoms with van der Waals surface area (Å²) in [6, 6.07) is 7.83. The average Bonchev–Trinajstić information content (AvgIpc) is 2.48. The first-order valence-electron chi connectivity index (χ1n) is 7.76. The molecule has 2 aromatic carbocycles. The van der Waals surface area contributed by atoms with Gasteiger partial charge in [-0.05, 0) is 62.6 Å². The lowest BCUT2D eigenvalue weighted by molar-refractivity contribution is 0.105. The van der Waals surface area contributed by atoms with Gasteiger partial charge in [-0.3, -0.25) is 5.32 Å². The molecule has 126 valence electrons. The Morgan fingerprint density at radius 1 is 1.12 bits per heavy atom. The minimum atomic E-state index is -1.09. The Labute approximate surface area is 141 Å². The van der Waals surface area contributed by atoms with Crippen molar-refractivity contribution in [3.8, 4) is 22.6 Å². The molecule has 2 N–H and O–H groups in total. The van der Waals surface area contributed by atoms with E-state index in [-0.39, 0.29) is 0 Å². The maximum Gasteiger partial charge on any atom is 0.409 e. The predicted molar refractivity (Wildman–Crippen MR) is 93.2 cm³/mol. The van der Waals surface area contributed by atoms with Crippen molar-refractivity contribution in [1.82, 2.24) is 0 Å². The van der Waals surface area contributed by atoms with E-state index in [1.54, 1.807) is 13.2 Å². The van der Waals surface area contributed by atoms with Crippen LogP contribution in [0.4, 0.5) is 10.5 Å². The maximum absolute atomic E-state index is 11.0. The van der Waals surface area contributed by atoms with Crippen LogP contribution in [0.15, 0.2) is 24.3 Å². The summed E-state index contributed by atoms with van der Waals surface area (Å²) in [7, 11) is 1.66. The lowest BCUT2D eigenvalue weighted by atomic mass is 9.84. The van der Waals surface area contributed by atoms with Gasteiger partial charge in [-0.15, -0.1) is 0 Å². The molecule has 3 rings (SSSR count). The van der Waals surface area contributed by atoms with Crippen LogP contribution in [0.3, 0.4) is 0 Å². The SMILES string of the molecule is COc1cc2c(cc1C)-c1cc(C)c(NC(=O)O)cc1OC2(C)C. The van der Waals surface area contributed by atoms with Crippen LogP contribution in [0.2, 0.25) is 0 Å². The van der Waals surface area contributed by atoms with E-state index in [1.165, 1.54) is 0 Å². The van der Waals surface area contributed by atoms with Crippen molar-refractivity contribution in [3.63, 3.8) is 0 Å². The zero-order valence-electron chi connectivity index (χ0n) is 14.5. The highest BCUT2D eigenvalue weighted by Crippen LogP contribution is 2.48. The fourth-order valence-electron chi connectivity index (χ4n) is 3.19. The molecule has 2 aromatic rings. The van der Waals surface area contributed by atoms with E-state index < -0.39 is 11.7 Å². The minimum absolute atomic E-state index is 0.533. The van der Waals surface area contributed by atoms with Crippen LogP contribution >= 0.6 is 0 Å². The second kappa shape index (κ2) is 5.44. The highest BCUT2D eigenvalue weighted by atomic mass is 16.5. The van der Waals surface area contributed by atoms with E-state index in [4.69, 9.17) is 14.6 Å². The quantitative estimate of drug-likeness (QED) is 0.839. The van der Waals surface area contributed by atoms with E-state index in [0.717, 1.165) is 33.6 Å². The van der Waals surface area contributed by atoms with Gasteiger partial charge in [0.05, 0.1) is 12.8 Å². The largest absolute Gasteiger partial charge is 0.496 e. The van der Waals surface area contributed by atoms with Gasteiger partial charge in [0.25, 0.3) is 0 Å². The third-order valence-electron chi connectivity index (χ3n) is 4.41. The standard InChI is InChI=1S/C19H21NO4/c1-10-6-13-12-7-11(2)16(23-5)8-14(12)19(3,4)24-17(13)9-15(10)20-18(21)22/h6-9,20H,1-5H3,(H,21,22). The number of carbonyl (C=O) groups is 1. The molecule has 1 aliphatic heterocycles. The molecule has 0 unspecified atom stereocenters. The third kappa shape index (κ3) is 2.56. The molecule has 0 spiro atoms. The molecule has 24 heavy (non-hydrogen) atoms. The molecule has 1 amide bonds. The van der Waals surface area contributed by atoms with Crippen LogP contribution in [0.25, 0.3) is 11.1 Å². The van der Waals surface area contributed by atoms with E-state index >= 15 is 0 Å². The molecule has 0 bridgehead atoms. The van der Waals surface area contributed by atoms with Gasteiger partial charge in [-0.1, -0.05) is 0 Å². The number of hydrogen-bond donors (Lipinski definition) is 2. The molecular weight excluding hydrogens is 306 g/mol. The van der Waals surface area contributed by atoms with Gasteiger partial charge in [0.2, 0.25) is 0 Å². The molecule has 0 saturated carbocycles. The summed E-state index contributed by atoms with van der Waals surface area (Å²) < 4.78 is 11.6. The van der Waals surface area contributed by atoms with Gasteiger partial charge >= 0.3 is 6.09 Å². The molecule has 5 nitrogen and oxygen atoms in total. The van der Waals surface area contributed by atoms with Gasteiger partial charge in [-0.2, -0.15) is 0 Å². The molecule has 1 heterocycles. The smallest absolute Gasteiger partial charge is 0.409 e. The van der Waals surface area contributed by atoms with Gasteiger partial charge in [-0.25, -0.2) is 4.79 Å².